The van der Waals surface area contributed by atoms with Crippen LogP contribution in [0.15, 0.2) is 30.3 Å². The first-order valence-electron chi connectivity index (χ1n) is 6.60. The number of nitrogens with one attached hydrogen (secondary N) is 1. The topological polar surface area (TPSA) is 50.8 Å². The van der Waals surface area contributed by atoms with Crippen molar-refractivity contribution < 1.29 is 14.3 Å². The predicted molar refractivity (Wildman–Crippen MR) is 69.7 cm³/mol. The van der Waals surface area contributed by atoms with Gasteiger partial charge in [0.05, 0.1) is 38.5 Å². The molecular weight excluding hydrogens is 244 g/mol. The normalized spacial score (nSPS) is 26.0. The van der Waals surface area contributed by atoms with Crippen LogP contribution in [0.5, 0.6) is 0 Å². The van der Waals surface area contributed by atoms with E-state index in [1.165, 1.54) is 0 Å². The summed E-state index contributed by atoms with van der Waals surface area (Å²) in [6, 6.07) is 9.98. The van der Waals surface area contributed by atoms with Gasteiger partial charge in [0, 0.05) is 6.54 Å². The first kappa shape index (κ1) is 12.4. The fourth-order valence-electron chi connectivity index (χ4n) is 2.59. The lowest BCUT2D eigenvalue weighted by atomic mass is 10.1. The van der Waals surface area contributed by atoms with Gasteiger partial charge in [-0.05, 0) is 5.56 Å². The summed E-state index contributed by atoms with van der Waals surface area (Å²) in [4.78, 5) is 14.2. The smallest absolute Gasteiger partial charge is 0.318 e. The van der Waals surface area contributed by atoms with Crippen LogP contribution in [0.25, 0.3) is 0 Å². The van der Waals surface area contributed by atoms with Crippen molar-refractivity contribution >= 4 is 6.03 Å². The van der Waals surface area contributed by atoms with E-state index in [0.717, 1.165) is 5.56 Å². The number of carbonyl (C=O) groups is 1. The van der Waals surface area contributed by atoms with E-state index in [2.05, 4.69) is 5.32 Å². The number of ether oxygens (including phenoxy) is 2. The summed E-state index contributed by atoms with van der Waals surface area (Å²) in [7, 11) is 0. The molecule has 0 atom stereocenters. The number of carbonyl (C=O) groups excluding carboxylic acids is 1. The zero-order chi connectivity index (χ0) is 13.1. The van der Waals surface area contributed by atoms with Gasteiger partial charge in [-0.3, -0.25) is 0 Å². The highest BCUT2D eigenvalue weighted by atomic mass is 16.5. The first-order chi connectivity index (χ1) is 9.34. The number of rotatable bonds is 2. The molecule has 2 aliphatic rings. The van der Waals surface area contributed by atoms with Crippen LogP contribution in [0.1, 0.15) is 5.56 Å². The molecule has 1 N–H and O–H groups in total. The molecule has 1 aromatic carbocycles. The van der Waals surface area contributed by atoms with Crippen molar-refractivity contribution in [3.63, 3.8) is 0 Å². The van der Waals surface area contributed by atoms with Crippen molar-refractivity contribution in [3.8, 4) is 0 Å². The van der Waals surface area contributed by atoms with Crippen LogP contribution in [-0.2, 0) is 16.0 Å². The van der Waals surface area contributed by atoms with Crippen LogP contribution in [0.4, 0.5) is 4.79 Å². The molecular formula is C14H18N2O3. The summed E-state index contributed by atoms with van der Waals surface area (Å²) in [5.41, 5.74) is 1.10. The molecule has 2 amide bonds. The Hall–Kier alpha value is -1.59. The third-order valence-electron chi connectivity index (χ3n) is 3.55. The minimum atomic E-state index is -0.0227. The average molecular weight is 262 g/mol. The van der Waals surface area contributed by atoms with Crippen LogP contribution in [0.2, 0.25) is 0 Å². The maximum Gasteiger partial charge on any atom is 0.318 e. The zero-order valence-corrected chi connectivity index (χ0v) is 10.7. The molecule has 2 bridgehead atoms. The van der Waals surface area contributed by atoms with Crippen molar-refractivity contribution in [2.75, 3.05) is 26.4 Å². The fourth-order valence-corrected chi connectivity index (χ4v) is 2.59. The summed E-state index contributed by atoms with van der Waals surface area (Å²) in [6.45, 7) is 2.81. The largest absolute Gasteiger partial charge is 0.377 e. The number of hydrogen-bond acceptors (Lipinski definition) is 3. The van der Waals surface area contributed by atoms with E-state index in [4.69, 9.17) is 9.47 Å². The minimum absolute atomic E-state index is 0.0227. The second-order valence-electron chi connectivity index (χ2n) is 4.93. The number of morpholine rings is 2. The highest BCUT2D eigenvalue weighted by molar-refractivity contribution is 5.75. The number of amides is 2. The van der Waals surface area contributed by atoms with Crippen LogP contribution >= 0.6 is 0 Å². The Morgan fingerprint density at radius 2 is 1.68 bits per heavy atom. The molecule has 0 radical (unpaired) electrons. The van der Waals surface area contributed by atoms with Crippen LogP contribution in [-0.4, -0.2) is 49.4 Å². The summed E-state index contributed by atoms with van der Waals surface area (Å²) in [6.07, 6.45) is 0. The monoisotopic (exact) mass is 262 g/mol. The molecule has 102 valence electrons. The summed E-state index contributed by atoms with van der Waals surface area (Å²) in [5, 5.41) is 2.97. The van der Waals surface area contributed by atoms with E-state index in [-0.39, 0.29) is 18.1 Å². The second kappa shape index (κ2) is 5.59. The molecule has 5 heteroatoms. The molecule has 3 rings (SSSR count). The summed E-state index contributed by atoms with van der Waals surface area (Å²) in [5.74, 6) is 0. The van der Waals surface area contributed by atoms with Crippen molar-refractivity contribution in [1.29, 1.82) is 0 Å². The van der Waals surface area contributed by atoms with E-state index in [0.29, 0.717) is 33.0 Å². The third kappa shape index (κ3) is 2.72. The van der Waals surface area contributed by atoms with E-state index < -0.39 is 0 Å². The molecule has 0 saturated carbocycles. The zero-order valence-electron chi connectivity index (χ0n) is 10.7. The molecule has 0 unspecified atom stereocenters. The van der Waals surface area contributed by atoms with Gasteiger partial charge in [0.25, 0.3) is 0 Å². The molecule has 2 heterocycles. The average Bonchev–Trinajstić information content (AvgIpc) is 2.45. The maximum absolute atomic E-state index is 12.3. The van der Waals surface area contributed by atoms with Gasteiger partial charge in [-0.1, -0.05) is 30.3 Å². The number of benzene rings is 1. The van der Waals surface area contributed by atoms with E-state index >= 15 is 0 Å². The Bertz CT molecular complexity index is 416. The van der Waals surface area contributed by atoms with E-state index in [1.807, 2.05) is 35.2 Å². The van der Waals surface area contributed by atoms with Crippen molar-refractivity contribution in [2.24, 2.45) is 0 Å². The molecule has 2 fully saturated rings. The van der Waals surface area contributed by atoms with Crippen molar-refractivity contribution in [2.45, 2.75) is 18.6 Å². The van der Waals surface area contributed by atoms with Gasteiger partial charge in [0.2, 0.25) is 0 Å². The van der Waals surface area contributed by atoms with Crippen molar-refractivity contribution in [3.05, 3.63) is 35.9 Å². The third-order valence-corrected chi connectivity index (χ3v) is 3.55. The molecule has 1 aromatic rings. The summed E-state index contributed by atoms with van der Waals surface area (Å²) < 4.78 is 11.0. The van der Waals surface area contributed by atoms with Gasteiger partial charge in [0.15, 0.2) is 0 Å². The fraction of sp³-hybridized carbons (Fsp3) is 0.500. The number of fused-ring (bicyclic) bond motifs is 2. The van der Waals surface area contributed by atoms with Crippen LogP contribution in [0, 0.1) is 0 Å². The highest BCUT2D eigenvalue weighted by Gasteiger charge is 2.38. The van der Waals surface area contributed by atoms with Gasteiger partial charge in [-0.2, -0.15) is 0 Å². The van der Waals surface area contributed by atoms with Crippen LogP contribution < -0.4 is 5.32 Å². The lowest BCUT2D eigenvalue weighted by Crippen LogP contribution is -2.63. The lowest BCUT2D eigenvalue weighted by molar-refractivity contribution is -0.116. The molecule has 19 heavy (non-hydrogen) atoms. The molecule has 0 aromatic heterocycles. The number of urea groups is 1. The van der Waals surface area contributed by atoms with Crippen molar-refractivity contribution in [1.82, 2.24) is 10.2 Å². The van der Waals surface area contributed by atoms with Gasteiger partial charge in [0.1, 0.15) is 0 Å². The quantitative estimate of drug-likeness (QED) is 0.865. The van der Waals surface area contributed by atoms with E-state index in [1.54, 1.807) is 0 Å². The Morgan fingerprint density at radius 3 is 2.26 bits per heavy atom. The standard InChI is InChI=1S/C14H18N2O3/c17-14(15-6-11-4-2-1-3-5-11)16-12-7-18-9-13(16)10-19-8-12/h1-5,12-13H,6-10H2,(H,15,17). The molecule has 0 spiro atoms. The Labute approximate surface area is 112 Å². The summed E-state index contributed by atoms with van der Waals surface area (Å²) >= 11 is 0. The van der Waals surface area contributed by atoms with E-state index in [9.17, 15) is 4.79 Å². The maximum atomic E-state index is 12.3. The van der Waals surface area contributed by atoms with Crippen LogP contribution in [0.3, 0.4) is 0 Å². The second-order valence-corrected chi connectivity index (χ2v) is 4.93. The Kier molecular flexibility index (Phi) is 3.66. The lowest BCUT2D eigenvalue weighted by Gasteiger charge is -2.45. The molecule has 2 saturated heterocycles. The number of nitrogens with zero attached hydrogens (tertiary/aromatic N) is 1. The molecule has 2 aliphatic heterocycles. The van der Waals surface area contributed by atoms with Gasteiger partial charge in [-0.25, -0.2) is 4.79 Å². The van der Waals surface area contributed by atoms with Gasteiger partial charge < -0.3 is 19.7 Å². The minimum Gasteiger partial charge on any atom is -0.377 e. The van der Waals surface area contributed by atoms with Gasteiger partial charge >= 0.3 is 6.03 Å². The molecule has 5 nitrogen and oxygen atoms in total. The Morgan fingerprint density at radius 1 is 1.11 bits per heavy atom. The SMILES string of the molecule is O=C(NCc1ccccc1)N1C2COCC1COC2. The predicted octanol–water partition coefficient (Wildman–Crippen LogP) is 0.996. The molecule has 0 aliphatic carbocycles. The highest BCUT2D eigenvalue weighted by Crippen LogP contribution is 2.19. The first-order valence-corrected chi connectivity index (χ1v) is 6.60. The Balaban J connectivity index is 1.60. The van der Waals surface area contributed by atoms with Gasteiger partial charge in [-0.15, -0.1) is 0 Å². The number of hydrogen-bond donors (Lipinski definition) is 1.